The molecule has 0 saturated carbocycles. The lowest BCUT2D eigenvalue weighted by atomic mass is 10.0. The molecule has 5 nitrogen and oxygen atoms in total. The third kappa shape index (κ3) is 4.86. The molecule has 2 N–H and O–H groups in total. The van der Waals surface area contributed by atoms with Gasteiger partial charge in [0.1, 0.15) is 5.76 Å². The van der Waals surface area contributed by atoms with Gasteiger partial charge in [0.15, 0.2) is 5.11 Å². The first kappa shape index (κ1) is 20.9. The van der Waals surface area contributed by atoms with Crippen molar-refractivity contribution in [3.63, 3.8) is 0 Å². The van der Waals surface area contributed by atoms with E-state index < -0.39 is 0 Å². The van der Waals surface area contributed by atoms with Gasteiger partial charge in [-0.05, 0) is 80.5 Å². The number of nitrogens with one attached hydrogen (secondary N) is 2. The van der Waals surface area contributed by atoms with Crippen molar-refractivity contribution in [2.45, 2.75) is 33.9 Å². The van der Waals surface area contributed by atoms with Crippen molar-refractivity contribution >= 4 is 33.9 Å². The van der Waals surface area contributed by atoms with Gasteiger partial charge in [-0.25, -0.2) is 0 Å². The van der Waals surface area contributed by atoms with Crippen LogP contribution in [-0.4, -0.2) is 15.0 Å². The van der Waals surface area contributed by atoms with Crippen LogP contribution in [0.4, 0.5) is 5.69 Å². The number of hydrogen-bond acceptors (Lipinski definition) is 3. The van der Waals surface area contributed by atoms with Gasteiger partial charge in [-0.2, -0.15) is 0 Å². The molecule has 0 bridgehead atoms. The zero-order chi connectivity index (χ0) is 22.0. The molecule has 4 rings (SSSR count). The molecule has 2 heterocycles. The number of furan rings is 1. The van der Waals surface area contributed by atoms with Crippen LogP contribution in [0.25, 0.3) is 10.9 Å². The van der Waals surface area contributed by atoms with E-state index in [1.807, 2.05) is 67.3 Å². The summed E-state index contributed by atoms with van der Waals surface area (Å²) in [5, 5.41) is 4.85. The van der Waals surface area contributed by atoms with E-state index in [2.05, 4.69) is 23.3 Å². The number of aryl methyl sites for hydroxylation is 3. The molecule has 0 atom stereocenters. The smallest absolute Gasteiger partial charge is 0.253 e. The van der Waals surface area contributed by atoms with E-state index in [0.29, 0.717) is 23.8 Å². The number of pyridine rings is 1. The molecule has 0 aliphatic rings. The van der Waals surface area contributed by atoms with Crippen molar-refractivity contribution in [2.75, 3.05) is 5.32 Å². The van der Waals surface area contributed by atoms with Gasteiger partial charge in [0.2, 0.25) is 0 Å². The zero-order valence-corrected chi connectivity index (χ0v) is 18.7. The maximum atomic E-state index is 12.8. The summed E-state index contributed by atoms with van der Waals surface area (Å²) >= 11 is 5.71. The van der Waals surface area contributed by atoms with Gasteiger partial charge in [-0.1, -0.05) is 23.8 Å². The fraction of sp³-hybridized carbons (Fsp3) is 0.200. The minimum absolute atomic E-state index is 0.111. The maximum absolute atomic E-state index is 12.8. The number of nitrogens with zero attached hydrogens (tertiary/aromatic N) is 1. The number of rotatable bonds is 5. The average molecular weight is 432 g/mol. The molecule has 6 heteroatoms. The predicted molar refractivity (Wildman–Crippen MR) is 129 cm³/mol. The van der Waals surface area contributed by atoms with Gasteiger partial charge in [0.25, 0.3) is 5.56 Å². The second kappa shape index (κ2) is 8.78. The van der Waals surface area contributed by atoms with Crippen molar-refractivity contribution in [3.05, 3.63) is 99.2 Å². The molecule has 0 unspecified atom stereocenters. The van der Waals surface area contributed by atoms with Crippen molar-refractivity contribution in [3.8, 4) is 0 Å². The highest BCUT2D eigenvalue weighted by molar-refractivity contribution is 7.80. The van der Waals surface area contributed by atoms with Crippen LogP contribution in [0.1, 0.15) is 28.0 Å². The number of hydrogen-bond donors (Lipinski definition) is 2. The summed E-state index contributed by atoms with van der Waals surface area (Å²) in [5.41, 5.74) is 5.72. The van der Waals surface area contributed by atoms with E-state index in [-0.39, 0.29) is 5.56 Å². The first-order chi connectivity index (χ1) is 14.9. The second-order valence-corrected chi connectivity index (χ2v) is 8.29. The summed E-state index contributed by atoms with van der Waals surface area (Å²) in [6.45, 7) is 6.94. The Labute approximate surface area is 186 Å². The molecule has 2 aromatic carbocycles. The first-order valence-electron chi connectivity index (χ1n) is 10.2. The highest BCUT2D eigenvalue weighted by Gasteiger charge is 2.16. The molecule has 0 saturated heterocycles. The Balaban J connectivity index is 1.65. The number of aromatic amines is 1. The van der Waals surface area contributed by atoms with Gasteiger partial charge >= 0.3 is 0 Å². The van der Waals surface area contributed by atoms with Crippen LogP contribution in [-0.2, 0) is 13.1 Å². The van der Waals surface area contributed by atoms with Crippen LogP contribution in [0.3, 0.4) is 0 Å². The number of aromatic nitrogens is 1. The van der Waals surface area contributed by atoms with Crippen LogP contribution in [0.2, 0.25) is 0 Å². The summed E-state index contributed by atoms with van der Waals surface area (Å²) < 4.78 is 5.54. The van der Waals surface area contributed by atoms with Crippen LogP contribution in [0, 0.1) is 20.8 Å². The number of thiocarbonyl (C=S) groups is 1. The second-order valence-electron chi connectivity index (χ2n) is 7.90. The summed E-state index contributed by atoms with van der Waals surface area (Å²) in [6.07, 6.45) is 1.64. The Morgan fingerprint density at radius 3 is 2.52 bits per heavy atom. The maximum Gasteiger partial charge on any atom is 0.253 e. The third-order valence-corrected chi connectivity index (χ3v) is 5.63. The molecule has 2 aromatic heterocycles. The molecular weight excluding hydrogens is 406 g/mol. The quantitative estimate of drug-likeness (QED) is 0.412. The van der Waals surface area contributed by atoms with Gasteiger partial charge in [0, 0.05) is 22.2 Å². The number of anilines is 1. The Hall–Kier alpha value is -3.38. The molecular formula is C25H25N3O2S. The molecule has 0 aliphatic carbocycles. The molecule has 0 aliphatic heterocycles. The number of benzene rings is 2. The molecule has 0 radical (unpaired) electrons. The average Bonchev–Trinajstić information content (AvgIpc) is 3.23. The fourth-order valence-electron chi connectivity index (χ4n) is 3.67. The summed E-state index contributed by atoms with van der Waals surface area (Å²) in [4.78, 5) is 17.8. The van der Waals surface area contributed by atoms with Gasteiger partial charge in [0.05, 0.1) is 19.4 Å². The lowest BCUT2D eigenvalue weighted by Crippen LogP contribution is -2.35. The van der Waals surface area contributed by atoms with Crippen LogP contribution >= 0.6 is 12.2 Å². The normalized spacial score (nSPS) is 10.9. The van der Waals surface area contributed by atoms with Crippen molar-refractivity contribution < 1.29 is 4.42 Å². The van der Waals surface area contributed by atoms with E-state index >= 15 is 0 Å². The first-order valence-corrected chi connectivity index (χ1v) is 10.6. The fourth-order valence-corrected chi connectivity index (χ4v) is 3.92. The van der Waals surface area contributed by atoms with Crippen molar-refractivity contribution in [2.24, 2.45) is 0 Å². The van der Waals surface area contributed by atoms with E-state index in [1.165, 1.54) is 5.56 Å². The lowest BCUT2D eigenvalue weighted by Gasteiger charge is -2.25. The predicted octanol–water partition coefficient (Wildman–Crippen LogP) is 5.45. The van der Waals surface area contributed by atoms with Crippen molar-refractivity contribution in [1.29, 1.82) is 0 Å². The topological polar surface area (TPSA) is 61.3 Å². The standard InChI is InChI=1S/C25H25N3O2S/c1-16-6-8-20(9-7-16)26-25(31)28(15-21-5-4-10-30-21)14-19-13-22-18(3)11-17(2)12-23(22)27-24(19)29/h4-13H,14-15H2,1-3H3,(H,26,31)(H,27,29). The SMILES string of the molecule is Cc1ccc(NC(=S)N(Cc2ccco2)Cc2cc3c(C)cc(C)cc3[nH]c2=O)cc1. The van der Waals surface area contributed by atoms with Crippen molar-refractivity contribution in [1.82, 2.24) is 9.88 Å². The summed E-state index contributed by atoms with van der Waals surface area (Å²) in [7, 11) is 0. The minimum Gasteiger partial charge on any atom is -0.467 e. The van der Waals surface area contributed by atoms with Gasteiger partial charge < -0.3 is 19.6 Å². The molecule has 0 amide bonds. The minimum atomic E-state index is -0.111. The monoisotopic (exact) mass is 431 g/mol. The van der Waals surface area contributed by atoms with Gasteiger partial charge in [-0.3, -0.25) is 4.79 Å². The molecule has 158 valence electrons. The van der Waals surface area contributed by atoms with Crippen LogP contribution in [0.5, 0.6) is 0 Å². The molecule has 31 heavy (non-hydrogen) atoms. The molecule has 4 aromatic rings. The van der Waals surface area contributed by atoms with Crippen LogP contribution < -0.4 is 10.9 Å². The highest BCUT2D eigenvalue weighted by Crippen LogP contribution is 2.20. The van der Waals surface area contributed by atoms with E-state index in [4.69, 9.17) is 16.6 Å². The van der Waals surface area contributed by atoms with Crippen LogP contribution in [0.15, 0.2) is 70.1 Å². The van der Waals surface area contributed by atoms with Gasteiger partial charge in [-0.15, -0.1) is 0 Å². The molecule has 0 fully saturated rings. The Morgan fingerprint density at radius 2 is 1.81 bits per heavy atom. The zero-order valence-electron chi connectivity index (χ0n) is 17.9. The Bertz CT molecular complexity index is 1270. The molecule has 0 spiro atoms. The summed E-state index contributed by atoms with van der Waals surface area (Å²) in [6, 6.07) is 17.9. The van der Waals surface area contributed by atoms with E-state index in [9.17, 15) is 4.79 Å². The number of H-pyrrole nitrogens is 1. The van der Waals surface area contributed by atoms with E-state index in [0.717, 1.165) is 33.5 Å². The highest BCUT2D eigenvalue weighted by atomic mass is 32.1. The number of fused-ring (bicyclic) bond motifs is 1. The third-order valence-electron chi connectivity index (χ3n) is 5.27. The largest absolute Gasteiger partial charge is 0.467 e. The summed E-state index contributed by atoms with van der Waals surface area (Å²) in [5.74, 6) is 0.775. The lowest BCUT2D eigenvalue weighted by molar-refractivity contribution is 0.359. The Kier molecular flexibility index (Phi) is 5.91. The van der Waals surface area contributed by atoms with E-state index in [1.54, 1.807) is 6.26 Å². The Morgan fingerprint density at radius 1 is 1.03 bits per heavy atom.